The molecule has 1 saturated heterocycles. The molecule has 0 radical (unpaired) electrons. The highest BCUT2D eigenvalue weighted by atomic mass is 19.1. The Morgan fingerprint density at radius 3 is 2.89 bits per heavy atom. The smallest absolute Gasteiger partial charge is 0.123 e. The van der Waals surface area contributed by atoms with Crippen LogP contribution in [0.2, 0.25) is 0 Å². The number of halogens is 1. The third-order valence-corrected chi connectivity index (χ3v) is 4.11. The highest BCUT2D eigenvalue weighted by Gasteiger charge is 2.30. The summed E-state index contributed by atoms with van der Waals surface area (Å²) in [6.07, 6.45) is 3.67. The van der Waals surface area contributed by atoms with Crippen molar-refractivity contribution in [3.63, 3.8) is 0 Å². The fourth-order valence-electron chi connectivity index (χ4n) is 2.96. The SMILES string of the molecule is CCC1CCC(C)N1CC(N)c1cccc(F)c1. The van der Waals surface area contributed by atoms with Gasteiger partial charge in [0.1, 0.15) is 5.82 Å². The van der Waals surface area contributed by atoms with Crippen LogP contribution in [0.15, 0.2) is 24.3 Å². The summed E-state index contributed by atoms with van der Waals surface area (Å²) in [6.45, 7) is 5.31. The van der Waals surface area contributed by atoms with Crippen LogP contribution in [0.5, 0.6) is 0 Å². The molecular formula is C15H23FN2. The van der Waals surface area contributed by atoms with Crippen LogP contribution in [0.3, 0.4) is 0 Å². The first kappa shape index (κ1) is 13.5. The summed E-state index contributed by atoms with van der Waals surface area (Å²) >= 11 is 0. The molecule has 2 nitrogen and oxygen atoms in total. The second kappa shape index (κ2) is 5.81. The Bertz CT molecular complexity index is 394. The standard InChI is InChI=1S/C15H23FN2/c1-3-14-8-7-11(2)18(14)10-15(17)12-5-4-6-13(16)9-12/h4-6,9,11,14-15H,3,7-8,10,17H2,1-2H3. The summed E-state index contributed by atoms with van der Waals surface area (Å²) < 4.78 is 13.2. The normalized spacial score (nSPS) is 26.4. The first-order valence-corrected chi connectivity index (χ1v) is 6.88. The second-order valence-electron chi connectivity index (χ2n) is 5.35. The van der Waals surface area contributed by atoms with E-state index >= 15 is 0 Å². The number of benzene rings is 1. The molecule has 1 heterocycles. The molecule has 3 heteroatoms. The first-order valence-electron chi connectivity index (χ1n) is 6.88. The van der Waals surface area contributed by atoms with E-state index in [0.29, 0.717) is 12.1 Å². The van der Waals surface area contributed by atoms with E-state index in [1.165, 1.54) is 25.3 Å². The van der Waals surface area contributed by atoms with E-state index < -0.39 is 0 Å². The van der Waals surface area contributed by atoms with Crippen molar-refractivity contribution in [2.24, 2.45) is 5.73 Å². The third kappa shape index (κ3) is 2.90. The molecule has 0 spiro atoms. The largest absolute Gasteiger partial charge is 0.323 e. The predicted molar refractivity (Wildman–Crippen MR) is 72.8 cm³/mol. The van der Waals surface area contributed by atoms with Crippen molar-refractivity contribution in [1.29, 1.82) is 0 Å². The molecule has 100 valence electrons. The average Bonchev–Trinajstić information content (AvgIpc) is 2.70. The molecule has 1 fully saturated rings. The fraction of sp³-hybridized carbons (Fsp3) is 0.600. The lowest BCUT2D eigenvalue weighted by Gasteiger charge is -2.30. The quantitative estimate of drug-likeness (QED) is 0.889. The van der Waals surface area contributed by atoms with Crippen molar-refractivity contribution < 1.29 is 4.39 Å². The fourth-order valence-corrected chi connectivity index (χ4v) is 2.96. The Kier molecular flexibility index (Phi) is 4.36. The summed E-state index contributed by atoms with van der Waals surface area (Å²) in [6, 6.07) is 7.78. The highest BCUT2D eigenvalue weighted by molar-refractivity contribution is 5.20. The van der Waals surface area contributed by atoms with E-state index in [4.69, 9.17) is 5.73 Å². The minimum Gasteiger partial charge on any atom is -0.323 e. The zero-order valence-corrected chi connectivity index (χ0v) is 11.3. The summed E-state index contributed by atoms with van der Waals surface area (Å²) in [5.74, 6) is -0.204. The summed E-state index contributed by atoms with van der Waals surface area (Å²) in [7, 11) is 0. The van der Waals surface area contributed by atoms with E-state index in [-0.39, 0.29) is 11.9 Å². The first-order chi connectivity index (χ1) is 8.61. The monoisotopic (exact) mass is 250 g/mol. The van der Waals surface area contributed by atoms with Gasteiger partial charge in [-0.25, -0.2) is 4.39 Å². The molecule has 0 aliphatic carbocycles. The molecule has 3 unspecified atom stereocenters. The lowest BCUT2D eigenvalue weighted by Crippen LogP contribution is -2.39. The van der Waals surface area contributed by atoms with Crippen LogP contribution in [-0.2, 0) is 0 Å². The summed E-state index contributed by atoms with van der Waals surface area (Å²) in [4.78, 5) is 2.48. The highest BCUT2D eigenvalue weighted by Crippen LogP contribution is 2.27. The van der Waals surface area contributed by atoms with Gasteiger partial charge in [0.15, 0.2) is 0 Å². The van der Waals surface area contributed by atoms with Crippen molar-refractivity contribution in [3.8, 4) is 0 Å². The molecule has 18 heavy (non-hydrogen) atoms. The molecular weight excluding hydrogens is 227 g/mol. The van der Waals surface area contributed by atoms with E-state index in [9.17, 15) is 4.39 Å². The molecule has 2 N–H and O–H groups in total. The van der Waals surface area contributed by atoms with Gasteiger partial charge < -0.3 is 5.73 Å². The molecule has 1 aromatic rings. The number of nitrogens with two attached hydrogens (primary N) is 1. The number of hydrogen-bond acceptors (Lipinski definition) is 2. The minimum atomic E-state index is -0.204. The molecule has 0 bridgehead atoms. The van der Waals surface area contributed by atoms with E-state index in [1.807, 2.05) is 6.07 Å². The maximum Gasteiger partial charge on any atom is 0.123 e. The van der Waals surface area contributed by atoms with Gasteiger partial charge in [-0.3, -0.25) is 4.90 Å². The van der Waals surface area contributed by atoms with Crippen LogP contribution in [0.1, 0.15) is 44.7 Å². The van der Waals surface area contributed by atoms with Gasteiger partial charge in [0.25, 0.3) is 0 Å². The van der Waals surface area contributed by atoms with Crippen molar-refractivity contribution in [2.45, 2.75) is 51.2 Å². The van der Waals surface area contributed by atoms with Crippen LogP contribution in [0.25, 0.3) is 0 Å². The number of nitrogens with zero attached hydrogens (tertiary/aromatic N) is 1. The number of likely N-dealkylation sites (tertiary alicyclic amines) is 1. The summed E-state index contributed by atoms with van der Waals surface area (Å²) in [5.41, 5.74) is 7.11. The van der Waals surface area contributed by atoms with E-state index in [1.54, 1.807) is 12.1 Å². The van der Waals surface area contributed by atoms with E-state index in [2.05, 4.69) is 18.7 Å². The van der Waals surface area contributed by atoms with Gasteiger partial charge in [-0.1, -0.05) is 19.1 Å². The molecule has 0 saturated carbocycles. The topological polar surface area (TPSA) is 29.3 Å². The van der Waals surface area contributed by atoms with Gasteiger partial charge in [-0.2, -0.15) is 0 Å². The minimum absolute atomic E-state index is 0.102. The van der Waals surface area contributed by atoms with Crippen molar-refractivity contribution in [1.82, 2.24) is 4.90 Å². The van der Waals surface area contributed by atoms with Crippen LogP contribution < -0.4 is 5.73 Å². The Hall–Kier alpha value is -0.930. The molecule has 1 aliphatic rings. The Labute approximate surface area is 109 Å². The van der Waals surface area contributed by atoms with Crippen molar-refractivity contribution in [3.05, 3.63) is 35.6 Å². The molecule has 1 aromatic carbocycles. The number of rotatable bonds is 4. The Morgan fingerprint density at radius 2 is 2.22 bits per heavy atom. The van der Waals surface area contributed by atoms with Crippen LogP contribution in [0, 0.1) is 5.82 Å². The molecule has 1 aliphatic heterocycles. The maximum atomic E-state index is 13.2. The Morgan fingerprint density at radius 1 is 1.44 bits per heavy atom. The van der Waals surface area contributed by atoms with Crippen LogP contribution in [0.4, 0.5) is 4.39 Å². The molecule has 3 atom stereocenters. The zero-order valence-electron chi connectivity index (χ0n) is 11.3. The molecule has 2 rings (SSSR count). The Balaban J connectivity index is 2.04. The van der Waals surface area contributed by atoms with Crippen molar-refractivity contribution in [2.75, 3.05) is 6.54 Å². The third-order valence-electron chi connectivity index (χ3n) is 4.11. The van der Waals surface area contributed by atoms with Gasteiger partial charge in [-0.05, 0) is 43.9 Å². The lowest BCUT2D eigenvalue weighted by molar-refractivity contribution is 0.186. The molecule has 0 aromatic heterocycles. The van der Waals surface area contributed by atoms with E-state index in [0.717, 1.165) is 12.1 Å². The van der Waals surface area contributed by atoms with Gasteiger partial charge in [0, 0.05) is 24.7 Å². The maximum absolute atomic E-state index is 13.2. The second-order valence-corrected chi connectivity index (χ2v) is 5.35. The predicted octanol–water partition coefficient (Wildman–Crippen LogP) is 3.09. The zero-order chi connectivity index (χ0) is 13.1. The molecule has 0 amide bonds. The lowest BCUT2D eigenvalue weighted by atomic mass is 10.1. The van der Waals surface area contributed by atoms with Gasteiger partial charge in [0.2, 0.25) is 0 Å². The average molecular weight is 250 g/mol. The van der Waals surface area contributed by atoms with Crippen LogP contribution in [-0.4, -0.2) is 23.5 Å². The van der Waals surface area contributed by atoms with Crippen LogP contribution >= 0.6 is 0 Å². The summed E-state index contributed by atoms with van der Waals surface area (Å²) in [5, 5.41) is 0. The van der Waals surface area contributed by atoms with Gasteiger partial charge in [-0.15, -0.1) is 0 Å². The van der Waals surface area contributed by atoms with Gasteiger partial charge >= 0.3 is 0 Å². The van der Waals surface area contributed by atoms with Crippen molar-refractivity contribution >= 4 is 0 Å². The van der Waals surface area contributed by atoms with Gasteiger partial charge in [0.05, 0.1) is 0 Å². The number of hydrogen-bond donors (Lipinski definition) is 1.